The van der Waals surface area contributed by atoms with Crippen molar-refractivity contribution >= 4 is 34.7 Å². The number of hydrogen-bond donors (Lipinski definition) is 3. The largest absolute Gasteiger partial charge is 0.382 e. The molecule has 2 amide bonds. The number of carbonyl (C=O) groups excluding carboxylic acids is 2. The van der Waals surface area contributed by atoms with Crippen molar-refractivity contribution in [1.82, 2.24) is 25.2 Å². The number of ether oxygens (including phenoxy) is 1. The molecular formula is C24H26N6O3S. The molecule has 10 heteroatoms. The van der Waals surface area contributed by atoms with Crippen LogP contribution in [0.5, 0.6) is 0 Å². The highest BCUT2D eigenvalue weighted by Gasteiger charge is 2.20. The van der Waals surface area contributed by atoms with E-state index in [2.05, 4.69) is 20.7 Å². The molecule has 1 atom stereocenters. The molecule has 0 saturated heterocycles. The van der Waals surface area contributed by atoms with E-state index in [0.717, 1.165) is 16.7 Å². The number of anilines is 1. The molecule has 0 fully saturated rings. The Morgan fingerprint density at radius 3 is 2.59 bits per heavy atom. The van der Waals surface area contributed by atoms with Crippen molar-refractivity contribution in [1.29, 1.82) is 0 Å². The van der Waals surface area contributed by atoms with Gasteiger partial charge in [0.05, 0.1) is 23.1 Å². The average molecular weight is 479 g/mol. The van der Waals surface area contributed by atoms with Crippen LogP contribution in [0.15, 0.2) is 54.0 Å². The molecule has 3 aromatic heterocycles. The number of thiophene rings is 1. The van der Waals surface area contributed by atoms with Gasteiger partial charge in [-0.25, -0.2) is 4.52 Å². The number of methoxy groups -OCH3 is 1. The Morgan fingerprint density at radius 2 is 1.88 bits per heavy atom. The van der Waals surface area contributed by atoms with Crippen LogP contribution in [0.3, 0.4) is 0 Å². The van der Waals surface area contributed by atoms with Crippen LogP contribution < -0.4 is 16.4 Å². The van der Waals surface area contributed by atoms with Crippen molar-refractivity contribution in [2.24, 2.45) is 0 Å². The number of carbonyl (C=O) groups is 2. The summed E-state index contributed by atoms with van der Waals surface area (Å²) in [5.74, 6) is -0.398. The Balaban J connectivity index is 1.63. The highest BCUT2D eigenvalue weighted by Crippen LogP contribution is 2.28. The monoisotopic (exact) mass is 478 g/mol. The summed E-state index contributed by atoms with van der Waals surface area (Å²) in [6, 6.07) is 12.9. The molecule has 0 unspecified atom stereocenters. The van der Waals surface area contributed by atoms with Crippen molar-refractivity contribution in [3.8, 4) is 11.1 Å². The van der Waals surface area contributed by atoms with Crippen LogP contribution in [0.4, 0.5) is 5.95 Å². The zero-order chi connectivity index (χ0) is 24.2. The smallest absolute Gasteiger partial charge is 0.261 e. The number of amides is 2. The number of nitrogens with two attached hydrogens (primary N) is 1. The van der Waals surface area contributed by atoms with Crippen LogP contribution in [-0.2, 0) is 4.74 Å². The predicted octanol–water partition coefficient (Wildman–Crippen LogP) is 3.30. The number of hydrogen-bond acceptors (Lipinski definition) is 7. The first-order chi connectivity index (χ1) is 16.4. The second kappa shape index (κ2) is 10.0. The lowest BCUT2D eigenvalue weighted by atomic mass is 10.1. The van der Waals surface area contributed by atoms with Gasteiger partial charge in [-0.3, -0.25) is 9.59 Å². The molecule has 176 valence electrons. The number of fused-ring (bicyclic) bond motifs is 1. The van der Waals surface area contributed by atoms with E-state index in [0.29, 0.717) is 22.7 Å². The Morgan fingerprint density at radius 1 is 1.12 bits per heavy atom. The molecule has 0 radical (unpaired) electrons. The van der Waals surface area contributed by atoms with E-state index in [9.17, 15) is 9.59 Å². The lowest BCUT2D eigenvalue weighted by Crippen LogP contribution is -2.30. The summed E-state index contributed by atoms with van der Waals surface area (Å²) < 4.78 is 6.79. The first-order valence-corrected chi connectivity index (χ1v) is 11.6. The highest BCUT2D eigenvalue weighted by molar-refractivity contribution is 7.12. The third kappa shape index (κ3) is 5.08. The fourth-order valence-corrected chi connectivity index (χ4v) is 4.40. The third-order valence-corrected chi connectivity index (χ3v) is 6.04. The van der Waals surface area contributed by atoms with Gasteiger partial charge in [-0.15, -0.1) is 16.4 Å². The second-order valence-electron chi connectivity index (χ2n) is 8.10. The maximum atomic E-state index is 13.0. The number of nitrogen functional groups attached to an aromatic ring is 1. The fourth-order valence-electron chi connectivity index (χ4n) is 3.58. The number of benzene rings is 1. The summed E-state index contributed by atoms with van der Waals surface area (Å²) in [6.45, 7) is 4.12. The Labute approximate surface area is 201 Å². The van der Waals surface area contributed by atoms with Crippen LogP contribution in [0, 0.1) is 0 Å². The number of nitrogens with one attached hydrogen (secondary N) is 2. The van der Waals surface area contributed by atoms with Crippen LogP contribution >= 0.6 is 11.3 Å². The van der Waals surface area contributed by atoms with Crippen LogP contribution in [0.1, 0.15) is 45.5 Å². The maximum Gasteiger partial charge on any atom is 0.261 e. The van der Waals surface area contributed by atoms with Crippen molar-refractivity contribution in [3.63, 3.8) is 0 Å². The molecule has 3 heterocycles. The van der Waals surface area contributed by atoms with Gasteiger partial charge in [-0.1, -0.05) is 30.3 Å². The van der Waals surface area contributed by atoms with Gasteiger partial charge in [0.25, 0.3) is 11.8 Å². The first-order valence-electron chi connectivity index (χ1n) is 10.8. The van der Waals surface area contributed by atoms with Crippen molar-refractivity contribution < 1.29 is 14.3 Å². The molecule has 1 aromatic carbocycles. The molecule has 9 nitrogen and oxygen atoms in total. The number of rotatable bonds is 8. The van der Waals surface area contributed by atoms with Gasteiger partial charge in [0.2, 0.25) is 5.95 Å². The number of nitrogens with zero attached hydrogens (tertiary/aromatic N) is 3. The average Bonchev–Trinajstić information content (AvgIpc) is 3.44. The van der Waals surface area contributed by atoms with E-state index in [1.54, 1.807) is 25.4 Å². The predicted molar refractivity (Wildman–Crippen MR) is 132 cm³/mol. The van der Waals surface area contributed by atoms with Gasteiger partial charge in [0.15, 0.2) is 5.65 Å². The van der Waals surface area contributed by atoms with Gasteiger partial charge in [-0.05, 0) is 42.5 Å². The maximum absolute atomic E-state index is 13.0. The standard InChI is InChI=1S/C24H26N6O3S/c1-14(2)26-22(31)18-9-16(11-30-21(18)28-24(25)29-30)17-10-20(34-13-17)23(32)27-19(12-33-3)15-7-5-4-6-8-15/h4-11,13-14,19H,12H2,1-3H3,(H2,25,29)(H,26,31)(H,27,32)/t19-/m0/s1. The van der Waals surface area contributed by atoms with Gasteiger partial charge in [0, 0.05) is 24.9 Å². The Hall–Kier alpha value is -3.76. The topological polar surface area (TPSA) is 124 Å². The minimum atomic E-state index is -0.273. The highest BCUT2D eigenvalue weighted by atomic mass is 32.1. The zero-order valence-corrected chi connectivity index (χ0v) is 19.9. The van der Waals surface area contributed by atoms with Crippen LogP contribution in [-0.4, -0.2) is 46.2 Å². The molecule has 0 saturated carbocycles. The molecule has 4 aromatic rings. The molecule has 0 bridgehead atoms. The SMILES string of the molecule is COC[C@H](NC(=O)c1cc(-c2cc(C(=O)NC(C)C)c3nc(N)nn3c2)cs1)c1ccccc1. The molecule has 0 aliphatic heterocycles. The van der Waals surface area contributed by atoms with E-state index in [4.69, 9.17) is 10.5 Å². The quantitative estimate of drug-likeness (QED) is 0.357. The van der Waals surface area contributed by atoms with Crippen LogP contribution in [0.25, 0.3) is 16.8 Å². The zero-order valence-electron chi connectivity index (χ0n) is 19.1. The summed E-state index contributed by atoms with van der Waals surface area (Å²) in [7, 11) is 1.60. The van der Waals surface area contributed by atoms with E-state index in [-0.39, 0.29) is 29.8 Å². The van der Waals surface area contributed by atoms with Crippen molar-refractivity contribution in [2.75, 3.05) is 19.5 Å². The summed E-state index contributed by atoms with van der Waals surface area (Å²) in [6.07, 6.45) is 1.74. The number of pyridine rings is 1. The van der Waals surface area contributed by atoms with E-state index < -0.39 is 0 Å². The molecule has 34 heavy (non-hydrogen) atoms. The molecule has 4 rings (SSSR count). The minimum Gasteiger partial charge on any atom is -0.382 e. The normalized spacial score (nSPS) is 12.1. The minimum absolute atomic E-state index is 0.0439. The molecule has 0 spiro atoms. The van der Waals surface area contributed by atoms with Crippen LogP contribution in [0.2, 0.25) is 0 Å². The summed E-state index contributed by atoms with van der Waals surface area (Å²) in [5, 5.41) is 12.0. The molecule has 0 aliphatic rings. The lowest BCUT2D eigenvalue weighted by molar-refractivity contribution is 0.0899. The number of aromatic nitrogens is 3. The second-order valence-corrected chi connectivity index (χ2v) is 9.01. The molecule has 4 N–H and O–H groups in total. The lowest BCUT2D eigenvalue weighted by Gasteiger charge is -2.17. The van der Waals surface area contributed by atoms with Crippen molar-refractivity contribution in [2.45, 2.75) is 25.9 Å². The third-order valence-electron chi connectivity index (χ3n) is 5.11. The van der Waals surface area contributed by atoms with E-state index in [1.807, 2.05) is 49.6 Å². The summed E-state index contributed by atoms with van der Waals surface area (Å²) in [4.78, 5) is 30.5. The van der Waals surface area contributed by atoms with Gasteiger partial charge >= 0.3 is 0 Å². The fraction of sp³-hybridized carbons (Fsp3) is 0.250. The van der Waals surface area contributed by atoms with Gasteiger partial charge in [-0.2, -0.15) is 4.98 Å². The Bertz CT molecular complexity index is 1320. The molecule has 0 aliphatic carbocycles. The summed E-state index contributed by atoms with van der Waals surface area (Å²) >= 11 is 1.32. The molecular weight excluding hydrogens is 452 g/mol. The van der Waals surface area contributed by atoms with Crippen molar-refractivity contribution in [3.05, 3.63) is 70.0 Å². The summed E-state index contributed by atoms with van der Waals surface area (Å²) in [5.41, 5.74) is 8.98. The first kappa shape index (κ1) is 23.4. The van der Waals surface area contributed by atoms with Gasteiger partial charge in [0.1, 0.15) is 0 Å². The Kier molecular flexibility index (Phi) is 6.90. The van der Waals surface area contributed by atoms with Gasteiger partial charge < -0.3 is 21.1 Å². The van der Waals surface area contributed by atoms with E-state index >= 15 is 0 Å². The van der Waals surface area contributed by atoms with E-state index in [1.165, 1.54) is 15.9 Å².